The number of carbonyl (C=O) groups is 1. The van der Waals surface area contributed by atoms with E-state index >= 15 is 0 Å². The van der Waals surface area contributed by atoms with Crippen LogP contribution in [0.5, 0.6) is 0 Å². The van der Waals surface area contributed by atoms with Crippen LogP contribution < -0.4 is 0 Å². The van der Waals surface area contributed by atoms with Gasteiger partial charge in [0.25, 0.3) is 6.47 Å². The fourth-order valence-electron chi connectivity index (χ4n) is 1.28. The Labute approximate surface area is 110 Å². The molecule has 0 saturated carbocycles. The predicted molar refractivity (Wildman–Crippen MR) is 60.2 cm³/mol. The second kappa shape index (κ2) is 6.12. The van der Waals surface area contributed by atoms with Crippen LogP contribution in [0.1, 0.15) is 29.1 Å². The first kappa shape index (κ1) is 14.9. The van der Waals surface area contributed by atoms with Gasteiger partial charge in [-0.15, -0.1) is 0 Å². The van der Waals surface area contributed by atoms with E-state index in [4.69, 9.17) is 0 Å². The van der Waals surface area contributed by atoms with Crippen molar-refractivity contribution in [3.63, 3.8) is 0 Å². The Balaban J connectivity index is 3.04. The summed E-state index contributed by atoms with van der Waals surface area (Å²) in [4.78, 5) is 17.3. The molecule has 1 rings (SSSR count). The van der Waals surface area contributed by atoms with Gasteiger partial charge in [-0.1, -0.05) is 15.9 Å². The van der Waals surface area contributed by atoms with Crippen LogP contribution in [-0.4, -0.2) is 29.2 Å². The van der Waals surface area contributed by atoms with Crippen LogP contribution in [0.3, 0.4) is 0 Å². The van der Waals surface area contributed by atoms with Crippen molar-refractivity contribution >= 4 is 22.4 Å². The van der Waals surface area contributed by atoms with E-state index in [1.54, 1.807) is 6.92 Å². The van der Waals surface area contributed by atoms with Crippen LogP contribution in [0.4, 0.5) is 13.2 Å². The summed E-state index contributed by atoms with van der Waals surface area (Å²) in [7, 11) is 0. The minimum atomic E-state index is -4.54. The zero-order valence-electron chi connectivity index (χ0n) is 9.32. The molecule has 1 aromatic heterocycles. The summed E-state index contributed by atoms with van der Waals surface area (Å²) in [6.07, 6.45) is -3.48. The van der Waals surface area contributed by atoms with E-state index < -0.39 is 18.7 Å². The molecular formula is C10H10BrF3N2O2. The Bertz CT molecular complexity index is 412. The fourth-order valence-corrected chi connectivity index (χ4v) is 1.53. The molecule has 0 radical (unpaired) electrons. The number of aromatic nitrogens is 2. The zero-order valence-corrected chi connectivity index (χ0v) is 10.9. The van der Waals surface area contributed by atoms with Crippen LogP contribution in [0.15, 0.2) is 12.4 Å². The van der Waals surface area contributed by atoms with Crippen LogP contribution >= 0.6 is 15.9 Å². The summed E-state index contributed by atoms with van der Waals surface area (Å²) in [6.45, 7) is 0.921. The second-order valence-electron chi connectivity index (χ2n) is 3.51. The van der Waals surface area contributed by atoms with Crippen molar-refractivity contribution in [1.29, 1.82) is 0 Å². The Morgan fingerprint density at radius 3 is 2.56 bits per heavy atom. The SMILES string of the molecule is CC(Br)c1cc(C(COC=O)C(F)(F)F)ncn1. The molecule has 0 spiro atoms. The molecule has 0 saturated heterocycles. The molecule has 0 aromatic carbocycles. The van der Waals surface area contributed by atoms with Crippen molar-refractivity contribution in [2.75, 3.05) is 6.61 Å². The lowest BCUT2D eigenvalue weighted by molar-refractivity contribution is -0.165. The van der Waals surface area contributed by atoms with Crippen molar-refractivity contribution in [2.45, 2.75) is 23.8 Å². The molecule has 0 aliphatic heterocycles. The number of hydrogen-bond acceptors (Lipinski definition) is 4. The maximum absolute atomic E-state index is 12.8. The minimum Gasteiger partial charge on any atom is -0.467 e. The average Bonchev–Trinajstić information content (AvgIpc) is 2.28. The quantitative estimate of drug-likeness (QED) is 0.616. The summed E-state index contributed by atoms with van der Waals surface area (Å²) in [6, 6.07) is 1.24. The summed E-state index contributed by atoms with van der Waals surface area (Å²) in [5, 5.41) is 0. The Kier molecular flexibility index (Phi) is 5.06. The number of carbonyl (C=O) groups excluding carboxylic acids is 1. The van der Waals surface area contributed by atoms with E-state index in [1.807, 2.05) is 0 Å². The molecule has 0 N–H and O–H groups in total. The van der Waals surface area contributed by atoms with Crippen LogP contribution in [0.25, 0.3) is 0 Å². The molecule has 0 bridgehead atoms. The third-order valence-corrected chi connectivity index (χ3v) is 2.67. The van der Waals surface area contributed by atoms with Crippen molar-refractivity contribution in [1.82, 2.24) is 9.97 Å². The van der Waals surface area contributed by atoms with Crippen LogP contribution in [0, 0.1) is 0 Å². The van der Waals surface area contributed by atoms with E-state index in [0.717, 1.165) is 6.33 Å². The van der Waals surface area contributed by atoms with E-state index in [9.17, 15) is 18.0 Å². The maximum Gasteiger partial charge on any atom is 0.400 e. The van der Waals surface area contributed by atoms with Gasteiger partial charge in [-0.3, -0.25) is 4.79 Å². The van der Waals surface area contributed by atoms with E-state index in [1.165, 1.54) is 6.07 Å². The van der Waals surface area contributed by atoms with Gasteiger partial charge >= 0.3 is 6.18 Å². The molecular weight excluding hydrogens is 317 g/mol. The van der Waals surface area contributed by atoms with Crippen LogP contribution in [-0.2, 0) is 9.53 Å². The van der Waals surface area contributed by atoms with Crippen molar-refractivity contribution in [3.8, 4) is 0 Å². The molecule has 1 aromatic rings. The van der Waals surface area contributed by atoms with Gasteiger partial charge < -0.3 is 4.74 Å². The highest BCUT2D eigenvalue weighted by Gasteiger charge is 2.42. The number of hydrogen-bond donors (Lipinski definition) is 0. The molecule has 1 heterocycles. The lowest BCUT2D eigenvalue weighted by Gasteiger charge is -2.19. The van der Waals surface area contributed by atoms with Crippen molar-refractivity contribution in [3.05, 3.63) is 23.8 Å². The Hall–Kier alpha value is -1.18. The van der Waals surface area contributed by atoms with E-state index in [-0.39, 0.29) is 17.0 Å². The number of alkyl halides is 4. The lowest BCUT2D eigenvalue weighted by Crippen LogP contribution is -2.26. The molecule has 100 valence electrons. The molecule has 2 atom stereocenters. The number of ether oxygens (including phenoxy) is 1. The van der Waals surface area contributed by atoms with Gasteiger partial charge in [0, 0.05) is 0 Å². The fraction of sp³-hybridized carbons (Fsp3) is 0.500. The average molecular weight is 327 g/mol. The smallest absolute Gasteiger partial charge is 0.400 e. The summed E-state index contributed by atoms with van der Waals surface area (Å²) >= 11 is 3.21. The molecule has 0 fully saturated rings. The third-order valence-electron chi connectivity index (χ3n) is 2.20. The first-order valence-corrected chi connectivity index (χ1v) is 5.85. The van der Waals surface area contributed by atoms with Gasteiger partial charge in [0.05, 0.1) is 16.2 Å². The van der Waals surface area contributed by atoms with E-state index in [0.29, 0.717) is 5.69 Å². The topological polar surface area (TPSA) is 52.1 Å². The third kappa shape index (κ3) is 3.94. The standard InChI is InChI=1S/C10H10BrF3N2O2/c1-6(11)8-2-9(16-4-15-8)7(3-18-5-17)10(12,13)14/h2,4-7H,3H2,1H3. The summed E-state index contributed by atoms with van der Waals surface area (Å²) in [5.74, 6) is -1.95. The summed E-state index contributed by atoms with van der Waals surface area (Å²) in [5.41, 5.74) is 0.209. The van der Waals surface area contributed by atoms with Gasteiger partial charge in [-0.05, 0) is 13.0 Å². The number of nitrogens with zero attached hydrogens (tertiary/aromatic N) is 2. The maximum atomic E-state index is 12.8. The molecule has 0 aliphatic carbocycles. The highest BCUT2D eigenvalue weighted by atomic mass is 79.9. The highest BCUT2D eigenvalue weighted by molar-refractivity contribution is 9.09. The molecule has 0 aliphatic rings. The van der Waals surface area contributed by atoms with Crippen LogP contribution in [0.2, 0.25) is 0 Å². The first-order valence-electron chi connectivity index (χ1n) is 4.94. The number of halogens is 4. The monoisotopic (exact) mass is 326 g/mol. The molecule has 0 amide bonds. The normalized spacial score (nSPS) is 14.9. The predicted octanol–water partition coefficient (Wildman–Crippen LogP) is 2.75. The Morgan fingerprint density at radius 1 is 1.44 bits per heavy atom. The molecule has 2 unspecified atom stereocenters. The minimum absolute atomic E-state index is 0.0199. The van der Waals surface area contributed by atoms with Gasteiger partial charge in [-0.2, -0.15) is 13.2 Å². The van der Waals surface area contributed by atoms with Gasteiger partial charge in [0.1, 0.15) is 18.9 Å². The van der Waals surface area contributed by atoms with Gasteiger partial charge in [0.2, 0.25) is 0 Å². The van der Waals surface area contributed by atoms with E-state index in [2.05, 4.69) is 30.6 Å². The number of rotatable bonds is 5. The Morgan fingerprint density at radius 2 is 2.06 bits per heavy atom. The largest absolute Gasteiger partial charge is 0.467 e. The molecule has 4 nitrogen and oxygen atoms in total. The van der Waals surface area contributed by atoms with Crippen molar-refractivity contribution in [2.24, 2.45) is 0 Å². The molecule has 8 heteroatoms. The first-order chi connectivity index (χ1) is 8.36. The van der Waals surface area contributed by atoms with Crippen molar-refractivity contribution < 1.29 is 22.7 Å². The molecule has 18 heavy (non-hydrogen) atoms. The second-order valence-corrected chi connectivity index (χ2v) is 4.88. The van der Waals surface area contributed by atoms with Gasteiger partial charge in [0.15, 0.2) is 0 Å². The summed E-state index contributed by atoms with van der Waals surface area (Å²) < 4.78 is 42.6. The lowest BCUT2D eigenvalue weighted by atomic mass is 10.0. The highest BCUT2D eigenvalue weighted by Crippen LogP contribution is 2.34. The zero-order chi connectivity index (χ0) is 13.8. The van der Waals surface area contributed by atoms with Gasteiger partial charge in [-0.25, -0.2) is 9.97 Å².